The molecule has 2 aromatic carbocycles. The van der Waals surface area contributed by atoms with Crippen molar-refractivity contribution in [2.75, 3.05) is 19.6 Å². The van der Waals surface area contributed by atoms with Crippen LogP contribution in [-0.4, -0.2) is 48.2 Å². The molecule has 29 heavy (non-hydrogen) atoms. The molecule has 3 rings (SSSR count). The van der Waals surface area contributed by atoms with Crippen molar-refractivity contribution in [3.8, 4) is 0 Å². The molecule has 0 atom stereocenters. The zero-order chi connectivity index (χ0) is 20.8. The number of amides is 4. The molecule has 1 aliphatic heterocycles. The van der Waals surface area contributed by atoms with Gasteiger partial charge in [-0.3, -0.25) is 24.1 Å². The predicted octanol–water partition coefficient (Wildman–Crippen LogP) is 1.92. The Kier molecular flexibility index (Phi) is 6.39. The molecule has 150 valence electrons. The van der Waals surface area contributed by atoms with E-state index in [0.29, 0.717) is 36.2 Å². The van der Waals surface area contributed by atoms with E-state index >= 15 is 0 Å². The van der Waals surface area contributed by atoms with Crippen molar-refractivity contribution in [1.82, 2.24) is 15.5 Å². The number of nitrogens with one attached hydrogen (secondary N) is 2. The molecule has 0 unspecified atom stereocenters. The molecular weight excluding hydrogens is 370 g/mol. The summed E-state index contributed by atoms with van der Waals surface area (Å²) in [7, 11) is 0. The van der Waals surface area contributed by atoms with Crippen LogP contribution in [0, 0.1) is 6.92 Å². The summed E-state index contributed by atoms with van der Waals surface area (Å²) in [5.74, 6) is -0.996. The maximum absolute atomic E-state index is 12.3. The van der Waals surface area contributed by atoms with E-state index in [4.69, 9.17) is 0 Å². The molecule has 0 aliphatic carbocycles. The molecule has 2 N–H and O–H groups in total. The first kappa shape index (κ1) is 20.3. The molecule has 7 heteroatoms. The van der Waals surface area contributed by atoms with Crippen LogP contribution in [0.4, 0.5) is 0 Å². The Bertz CT molecular complexity index is 920. The van der Waals surface area contributed by atoms with Crippen molar-refractivity contribution in [2.24, 2.45) is 0 Å². The van der Waals surface area contributed by atoms with Crippen LogP contribution in [0.15, 0.2) is 48.5 Å². The van der Waals surface area contributed by atoms with Crippen LogP contribution >= 0.6 is 0 Å². The Morgan fingerprint density at radius 3 is 2.10 bits per heavy atom. The SMILES string of the molecule is Cc1ccccc1C(=O)NCCNC(=O)CCCN1C(=O)c2ccccc2C1=O. The summed E-state index contributed by atoms with van der Waals surface area (Å²) in [5.41, 5.74) is 2.32. The number of carbonyl (C=O) groups excluding carboxylic acids is 4. The van der Waals surface area contributed by atoms with Crippen LogP contribution in [0.1, 0.15) is 49.5 Å². The van der Waals surface area contributed by atoms with Crippen LogP contribution in [0.5, 0.6) is 0 Å². The Hall–Kier alpha value is -3.48. The van der Waals surface area contributed by atoms with Gasteiger partial charge in [0.1, 0.15) is 0 Å². The van der Waals surface area contributed by atoms with Crippen LogP contribution in [0.3, 0.4) is 0 Å². The molecule has 0 fully saturated rings. The van der Waals surface area contributed by atoms with Gasteiger partial charge in [0.2, 0.25) is 5.91 Å². The fraction of sp³-hybridized carbons (Fsp3) is 0.273. The van der Waals surface area contributed by atoms with Crippen molar-refractivity contribution in [3.63, 3.8) is 0 Å². The van der Waals surface area contributed by atoms with E-state index < -0.39 is 0 Å². The van der Waals surface area contributed by atoms with Gasteiger partial charge in [0.15, 0.2) is 0 Å². The first-order chi connectivity index (χ1) is 14.0. The van der Waals surface area contributed by atoms with Gasteiger partial charge in [-0.05, 0) is 37.1 Å². The van der Waals surface area contributed by atoms with Gasteiger partial charge < -0.3 is 10.6 Å². The topological polar surface area (TPSA) is 95.6 Å². The quantitative estimate of drug-likeness (QED) is 0.529. The van der Waals surface area contributed by atoms with E-state index in [9.17, 15) is 19.2 Å². The van der Waals surface area contributed by atoms with Crippen molar-refractivity contribution < 1.29 is 19.2 Å². The van der Waals surface area contributed by atoms with E-state index in [1.54, 1.807) is 36.4 Å². The maximum atomic E-state index is 12.3. The smallest absolute Gasteiger partial charge is 0.261 e. The number of hydrogen-bond donors (Lipinski definition) is 2. The number of hydrogen-bond acceptors (Lipinski definition) is 4. The highest BCUT2D eigenvalue weighted by molar-refractivity contribution is 6.21. The van der Waals surface area contributed by atoms with Gasteiger partial charge in [0.25, 0.3) is 17.7 Å². The third-order valence-corrected chi connectivity index (χ3v) is 4.79. The monoisotopic (exact) mass is 393 g/mol. The summed E-state index contributed by atoms with van der Waals surface area (Å²) in [6.07, 6.45) is 0.575. The first-order valence-electron chi connectivity index (χ1n) is 9.55. The zero-order valence-corrected chi connectivity index (χ0v) is 16.2. The van der Waals surface area contributed by atoms with Crippen molar-refractivity contribution >= 4 is 23.6 Å². The number of imide groups is 1. The van der Waals surface area contributed by atoms with Crippen LogP contribution in [0.25, 0.3) is 0 Å². The highest BCUT2D eigenvalue weighted by atomic mass is 16.2. The summed E-state index contributed by atoms with van der Waals surface area (Å²) in [4.78, 5) is 49.8. The fourth-order valence-corrected chi connectivity index (χ4v) is 3.23. The predicted molar refractivity (Wildman–Crippen MR) is 108 cm³/mol. The second kappa shape index (κ2) is 9.14. The number of aryl methyl sites for hydroxylation is 1. The van der Waals surface area contributed by atoms with Crippen molar-refractivity contribution in [2.45, 2.75) is 19.8 Å². The van der Waals surface area contributed by atoms with Gasteiger partial charge in [0, 0.05) is 31.6 Å². The molecule has 1 aliphatic rings. The highest BCUT2D eigenvalue weighted by Gasteiger charge is 2.34. The lowest BCUT2D eigenvalue weighted by atomic mass is 10.1. The normalized spacial score (nSPS) is 12.7. The lowest BCUT2D eigenvalue weighted by Crippen LogP contribution is -2.35. The lowest BCUT2D eigenvalue weighted by Gasteiger charge is -2.13. The maximum Gasteiger partial charge on any atom is 0.261 e. The Morgan fingerprint density at radius 1 is 0.862 bits per heavy atom. The Labute approximate surface area is 169 Å². The molecule has 1 heterocycles. The minimum absolute atomic E-state index is 0.178. The standard InChI is InChI=1S/C22H23N3O4/c1-15-7-2-3-8-16(15)20(27)24-13-12-23-19(26)11-6-14-25-21(28)17-9-4-5-10-18(17)22(25)29/h2-5,7-10H,6,11-14H2,1H3,(H,23,26)(H,24,27). The fourth-order valence-electron chi connectivity index (χ4n) is 3.23. The van der Waals surface area contributed by atoms with Crippen molar-refractivity contribution in [3.05, 3.63) is 70.8 Å². The van der Waals surface area contributed by atoms with Crippen LogP contribution < -0.4 is 10.6 Å². The van der Waals surface area contributed by atoms with E-state index in [2.05, 4.69) is 10.6 Å². The van der Waals surface area contributed by atoms with E-state index in [-0.39, 0.29) is 36.6 Å². The number of nitrogens with zero attached hydrogens (tertiary/aromatic N) is 1. The molecule has 4 amide bonds. The Morgan fingerprint density at radius 2 is 1.45 bits per heavy atom. The number of carbonyl (C=O) groups is 4. The zero-order valence-electron chi connectivity index (χ0n) is 16.2. The van der Waals surface area contributed by atoms with Gasteiger partial charge >= 0.3 is 0 Å². The summed E-state index contributed by atoms with van der Waals surface area (Å²) >= 11 is 0. The molecule has 2 aromatic rings. The Balaban J connectivity index is 1.35. The molecule has 0 spiro atoms. The third-order valence-electron chi connectivity index (χ3n) is 4.79. The van der Waals surface area contributed by atoms with Gasteiger partial charge in [-0.15, -0.1) is 0 Å². The average molecular weight is 393 g/mol. The van der Waals surface area contributed by atoms with E-state index in [1.807, 2.05) is 19.1 Å². The largest absolute Gasteiger partial charge is 0.354 e. The molecule has 0 aromatic heterocycles. The second-order valence-electron chi connectivity index (χ2n) is 6.83. The highest BCUT2D eigenvalue weighted by Crippen LogP contribution is 2.22. The molecule has 0 bridgehead atoms. The second-order valence-corrected chi connectivity index (χ2v) is 6.83. The van der Waals surface area contributed by atoms with Crippen LogP contribution in [-0.2, 0) is 4.79 Å². The first-order valence-corrected chi connectivity index (χ1v) is 9.55. The van der Waals surface area contributed by atoms with E-state index in [0.717, 1.165) is 5.56 Å². The number of benzene rings is 2. The minimum Gasteiger partial charge on any atom is -0.354 e. The molecule has 7 nitrogen and oxygen atoms in total. The molecular formula is C22H23N3O4. The van der Waals surface area contributed by atoms with Gasteiger partial charge in [-0.1, -0.05) is 30.3 Å². The number of rotatable bonds is 8. The van der Waals surface area contributed by atoms with E-state index in [1.165, 1.54) is 4.90 Å². The molecule has 0 saturated heterocycles. The summed E-state index contributed by atoms with van der Waals surface area (Å²) in [6, 6.07) is 14.0. The third kappa shape index (κ3) is 4.68. The number of fused-ring (bicyclic) bond motifs is 1. The lowest BCUT2D eigenvalue weighted by molar-refractivity contribution is -0.121. The average Bonchev–Trinajstić information content (AvgIpc) is 2.96. The minimum atomic E-state index is -0.315. The molecule has 0 radical (unpaired) electrons. The van der Waals surface area contributed by atoms with Gasteiger partial charge in [0.05, 0.1) is 11.1 Å². The van der Waals surface area contributed by atoms with Crippen LogP contribution in [0.2, 0.25) is 0 Å². The van der Waals surface area contributed by atoms with Gasteiger partial charge in [-0.2, -0.15) is 0 Å². The van der Waals surface area contributed by atoms with Gasteiger partial charge in [-0.25, -0.2) is 0 Å². The van der Waals surface area contributed by atoms with Crippen molar-refractivity contribution in [1.29, 1.82) is 0 Å². The molecule has 0 saturated carbocycles. The summed E-state index contributed by atoms with van der Waals surface area (Å²) in [6.45, 7) is 2.69. The summed E-state index contributed by atoms with van der Waals surface area (Å²) < 4.78 is 0. The summed E-state index contributed by atoms with van der Waals surface area (Å²) in [5, 5.41) is 5.49.